The quantitative estimate of drug-likeness (QED) is 0.784. The van der Waals surface area contributed by atoms with E-state index in [0.29, 0.717) is 11.7 Å². The van der Waals surface area contributed by atoms with Gasteiger partial charge in [-0.3, -0.25) is 0 Å². The first-order chi connectivity index (χ1) is 6.97. The van der Waals surface area contributed by atoms with Crippen molar-refractivity contribution in [2.75, 3.05) is 12.8 Å². The largest absolute Gasteiger partial charge is 0.316 e. The Morgan fingerprint density at radius 3 is 2.27 bits per heavy atom. The van der Waals surface area contributed by atoms with Gasteiger partial charge in [-0.2, -0.15) is 0 Å². The summed E-state index contributed by atoms with van der Waals surface area (Å²) >= 11 is 0. The van der Waals surface area contributed by atoms with Gasteiger partial charge < -0.3 is 5.32 Å². The number of sulfone groups is 1. The first-order valence-corrected chi connectivity index (χ1v) is 7.57. The number of rotatable bonds is 5. The lowest BCUT2D eigenvalue weighted by Gasteiger charge is -2.21. The second kappa shape index (κ2) is 5.30. The van der Waals surface area contributed by atoms with Gasteiger partial charge in [0, 0.05) is 6.04 Å². The lowest BCUT2D eigenvalue weighted by atomic mass is 10.1. The third-order valence-electron chi connectivity index (χ3n) is 3.67. The molecule has 0 aromatic rings. The Balaban J connectivity index is 2.57. The first kappa shape index (κ1) is 13.0. The molecule has 0 spiro atoms. The van der Waals surface area contributed by atoms with E-state index < -0.39 is 9.84 Å². The Kier molecular flexibility index (Phi) is 4.59. The molecular formula is C11H23NO2S. The fraction of sp³-hybridized carbons (Fsp3) is 1.00. The van der Waals surface area contributed by atoms with Gasteiger partial charge in [0.2, 0.25) is 0 Å². The molecule has 0 aliphatic heterocycles. The van der Waals surface area contributed by atoms with Gasteiger partial charge in [-0.1, -0.05) is 12.8 Å². The Hall–Kier alpha value is -0.0900. The van der Waals surface area contributed by atoms with Crippen molar-refractivity contribution in [2.24, 2.45) is 5.92 Å². The molecule has 1 aliphatic rings. The van der Waals surface area contributed by atoms with Crippen molar-refractivity contribution in [3.05, 3.63) is 0 Å². The summed E-state index contributed by atoms with van der Waals surface area (Å²) in [6.45, 7) is 3.74. The number of hydrogen-bond acceptors (Lipinski definition) is 3. The summed E-state index contributed by atoms with van der Waals surface area (Å²) in [6.07, 6.45) is 4.60. The van der Waals surface area contributed by atoms with Crippen LogP contribution in [0.4, 0.5) is 0 Å². The van der Waals surface area contributed by atoms with Crippen molar-refractivity contribution < 1.29 is 8.42 Å². The molecule has 15 heavy (non-hydrogen) atoms. The normalized spacial score (nSPS) is 22.9. The fourth-order valence-electron chi connectivity index (χ4n) is 2.20. The summed E-state index contributed by atoms with van der Waals surface area (Å²) in [4.78, 5) is 0. The van der Waals surface area contributed by atoms with Crippen molar-refractivity contribution in [3.8, 4) is 0 Å². The molecule has 1 aliphatic carbocycles. The van der Waals surface area contributed by atoms with Gasteiger partial charge in [0.25, 0.3) is 0 Å². The molecule has 1 N–H and O–H groups in total. The summed E-state index contributed by atoms with van der Waals surface area (Å²) in [5, 5.41) is 2.74. The lowest BCUT2D eigenvalue weighted by Crippen LogP contribution is -2.40. The van der Waals surface area contributed by atoms with Crippen molar-refractivity contribution in [2.45, 2.75) is 50.8 Å². The molecule has 1 rings (SSSR count). The summed E-state index contributed by atoms with van der Waals surface area (Å²) in [5.74, 6) is 0.807. The standard InChI is InChI=1S/C11H23NO2S/c1-9(12-3)10(2)15(13,14)8-11-6-4-5-7-11/h9-12H,4-8H2,1-3H3. The topological polar surface area (TPSA) is 46.2 Å². The van der Waals surface area contributed by atoms with E-state index in [9.17, 15) is 8.42 Å². The average molecular weight is 233 g/mol. The van der Waals surface area contributed by atoms with Crippen LogP contribution in [0, 0.1) is 5.92 Å². The third kappa shape index (κ3) is 3.45. The summed E-state index contributed by atoms with van der Waals surface area (Å²) in [7, 11) is -1.11. The van der Waals surface area contributed by atoms with E-state index in [1.54, 1.807) is 0 Å². The maximum absolute atomic E-state index is 12.0. The van der Waals surface area contributed by atoms with Crippen LogP contribution >= 0.6 is 0 Å². The van der Waals surface area contributed by atoms with Gasteiger partial charge in [0.05, 0.1) is 11.0 Å². The molecule has 0 saturated heterocycles. The van der Waals surface area contributed by atoms with E-state index in [0.717, 1.165) is 12.8 Å². The van der Waals surface area contributed by atoms with Crippen LogP contribution in [0.15, 0.2) is 0 Å². The molecule has 3 nitrogen and oxygen atoms in total. The van der Waals surface area contributed by atoms with Crippen molar-refractivity contribution in [1.29, 1.82) is 0 Å². The predicted octanol–water partition coefficient (Wildman–Crippen LogP) is 1.59. The van der Waals surface area contributed by atoms with Crippen LogP contribution in [0.25, 0.3) is 0 Å². The molecule has 0 bridgehead atoms. The fourth-order valence-corrected chi connectivity index (χ4v) is 4.26. The Labute approximate surface area is 93.6 Å². The van der Waals surface area contributed by atoms with E-state index in [2.05, 4.69) is 5.32 Å². The third-order valence-corrected chi connectivity index (χ3v) is 6.15. The van der Waals surface area contributed by atoms with Crippen LogP contribution in [0.1, 0.15) is 39.5 Å². The van der Waals surface area contributed by atoms with Crippen LogP contribution in [-0.2, 0) is 9.84 Å². The van der Waals surface area contributed by atoms with Gasteiger partial charge in [0.1, 0.15) is 0 Å². The van der Waals surface area contributed by atoms with Gasteiger partial charge in [-0.05, 0) is 39.7 Å². The SMILES string of the molecule is CNC(C)C(C)S(=O)(=O)CC1CCCC1. The molecule has 4 heteroatoms. The molecule has 90 valence electrons. The zero-order chi connectivity index (χ0) is 11.5. The van der Waals surface area contributed by atoms with Crippen LogP contribution in [-0.4, -0.2) is 32.5 Å². The molecule has 0 aromatic carbocycles. The zero-order valence-electron chi connectivity index (χ0n) is 9.99. The maximum Gasteiger partial charge on any atom is 0.154 e. The molecule has 0 heterocycles. The molecule has 0 aromatic heterocycles. The Morgan fingerprint density at radius 1 is 1.27 bits per heavy atom. The second-order valence-electron chi connectivity index (χ2n) is 4.76. The smallest absolute Gasteiger partial charge is 0.154 e. The second-order valence-corrected chi connectivity index (χ2v) is 7.17. The van der Waals surface area contributed by atoms with E-state index >= 15 is 0 Å². The number of nitrogens with one attached hydrogen (secondary N) is 1. The molecule has 0 amide bonds. The maximum atomic E-state index is 12.0. The van der Waals surface area contributed by atoms with Gasteiger partial charge in [-0.15, -0.1) is 0 Å². The summed E-state index contributed by atoms with van der Waals surface area (Å²) < 4.78 is 24.1. The molecule has 1 fully saturated rings. The van der Waals surface area contributed by atoms with Crippen LogP contribution < -0.4 is 5.32 Å². The van der Waals surface area contributed by atoms with E-state index in [-0.39, 0.29) is 11.3 Å². The molecule has 2 unspecified atom stereocenters. The minimum atomic E-state index is -2.92. The minimum Gasteiger partial charge on any atom is -0.316 e. The summed E-state index contributed by atoms with van der Waals surface area (Å²) in [6, 6.07) is 0.0383. The molecule has 0 radical (unpaired) electrons. The van der Waals surface area contributed by atoms with E-state index in [1.807, 2.05) is 20.9 Å². The highest BCUT2D eigenvalue weighted by Crippen LogP contribution is 2.27. The lowest BCUT2D eigenvalue weighted by molar-refractivity contribution is 0.520. The van der Waals surface area contributed by atoms with Crippen molar-refractivity contribution >= 4 is 9.84 Å². The minimum absolute atomic E-state index is 0.0383. The summed E-state index contributed by atoms with van der Waals surface area (Å²) in [5.41, 5.74) is 0. The van der Waals surface area contributed by atoms with Crippen LogP contribution in [0.5, 0.6) is 0 Å². The van der Waals surface area contributed by atoms with Crippen LogP contribution in [0.3, 0.4) is 0 Å². The molecular weight excluding hydrogens is 210 g/mol. The highest BCUT2D eigenvalue weighted by molar-refractivity contribution is 7.92. The number of hydrogen-bond donors (Lipinski definition) is 1. The Bertz CT molecular complexity index is 281. The zero-order valence-corrected chi connectivity index (χ0v) is 10.8. The van der Waals surface area contributed by atoms with Gasteiger partial charge in [-0.25, -0.2) is 8.42 Å². The van der Waals surface area contributed by atoms with Crippen molar-refractivity contribution in [1.82, 2.24) is 5.32 Å². The molecule has 1 saturated carbocycles. The van der Waals surface area contributed by atoms with E-state index in [1.165, 1.54) is 12.8 Å². The Morgan fingerprint density at radius 2 is 1.80 bits per heavy atom. The van der Waals surface area contributed by atoms with Crippen LogP contribution in [0.2, 0.25) is 0 Å². The van der Waals surface area contributed by atoms with Crippen molar-refractivity contribution in [3.63, 3.8) is 0 Å². The predicted molar refractivity (Wildman–Crippen MR) is 63.7 cm³/mol. The highest BCUT2D eigenvalue weighted by atomic mass is 32.2. The van der Waals surface area contributed by atoms with Gasteiger partial charge >= 0.3 is 0 Å². The highest BCUT2D eigenvalue weighted by Gasteiger charge is 2.29. The molecule has 2 atom stereocenters. The average Bonchev–Trinajstić information content (AvgIpc) is 2.67. The van der Waals surface area contributed by atoms with E-state index in [4.69, 9.17) is 0 Å². The first-order valence-electron chi connectivity index (χ1n) is 5.86. The monoisotopic (exact) mass is 233 g/mol. The van der Waals surface area contributed by atoms with Gasteiger partial charge in [0.15, 0.2) is 9.84 Å².